The maximum atomic E-state index is 5.19. The van der Waals surface area contributed by atoms with Gasteiger partial charge in [0.25, 0.3) is 0 Å². The first-order chi connectivity index (χ1) is 5.76. The van der Waals surface area contributed by atoms with E-state index in [1.807, 2.05) is 19.9 Å². The fraction of sp³-hybridized carbons (Fsp3) is 0.833. The van der Waals surface area contributed by atoms with E-state index in [0.717, 1.165) is 23.5 Å². The molecule has 12 heavy (non-hydrogen) atoms. The van der Waals surface area contributed by atoms with Crippen LogP contribution in [-0.4, -0.2) is 47.9 Å². The van der Waals surface area contributed by atoms with Crippen LogP contribution in [-0.2, 0) is 9.47 Å². The smallest absolute Gasteiger partial charge is 0.353 e. The summed E-state index contributed by atoms with van der Waals surface area (Å²) in [4.78, 5) is 0. The first kappa shape index (κ1) is 15.9. The van der Waals surface area contributed by atoms with Crippen molar-refractivity contribution in [3.05, 3.63) is 6.04 Å². The standard InChI is InChI=1S/C6H15O2Si.2ClH.Mg/c1-3-7-6(5-9)8-4-2;;;/h5-6H,3-4H2,1-2,9H3;2*1H;/q;;;+2/p-2. The van der Waals surface area contributed by atoms with Gasteiger partial charge in [-0.15, -0.1) is 0 Å². The highest BCUT2D eigenvalue weighted by Gasteiger charge is 2.01. The van der Waals surface area contributed by atoms with Crippen LogP contribution in [0.5, 0.6) is 0 Å². The van der Waals surface area contributed by atoms with Gasteiger partial charge in [0.05, 0.1) is 0 Å². The van der Waals surface area contributed by atoms with Gasteiger partial charge in [0.2, 0.25) is 0 Å². The monoisotopic (exact) mass is 241 g/mol. The number of hydrogen-bond donors (Lipinski definition) is 0. The van der Waals surface area contributed by atoms with Crippen LogP contribution >= 0.6 is 18.1 Å². The molecule has 0 spiro atoms. The second-order valence-corrected chi connectivity index (χ2v) is 5.01. The molecule has 0 amide bonds. The molecule has 2 nitrogen and oxygen atoms in total. The van der Waals surface area contributed by atoms with E-state index >= 15 is 0 Å². The molecule has 0 heterocycles. The van der Waals surface area contributed by atoms with Crippen LogP contribution in [0.4, 0.5) is 0 Å². The van der Waals surface area contributed by atoms with Crippen molar-refractivity contribution in [2.45, 2.75) is 20.1 Å². The quantitative estimate of drug-likeness (QED) is 0.527. The maximum Gasteiger partial charge on any atom is 0.618 e. The molecular formula is C6H15Cl2MgO2Si. The van der Waals surface area contributed by atoms with E-state index in [2.05, 4.69) is 0 Å². The molecule has 0 fully saturated rings. The Morgan fingerprint density at radius 1 is 1.33 bits per heavy atom. The summed E-state index contributed by atoms with van der Waals surface area (Å²) in [6, 6.07) is 2.03. The Morgan fingerprint density at radius 3 is 1.83 bits per heavy atom. The summed E-state index contributed by atoms with van der Waals surface area (Å²) >= 11 is -0.639. The van der Waals surface area contributed by atoms with Gasteiger partial charge in [0, 0.05) is 23.5 Å². The van der Waals surface area contributed by atoms with Gasteiger partial charge in [-0.2, -0.15) is 0 Å². The summed E-state index contributed by atoms with van der Waals surface area (Å²) < 4.78 is 10.4. The first-order valence-electron chi connectivity index (χ1n) is 3.91. The predicted molar refractivity (Wildman–Crippen MR) is 58.7 cm³/mol. The molecule has 6 heteroatoms. The fourth-order valence-electron chi connectivity index (χ4n) is 0.569. The minimum absolute atomic E-state index is 0.0494. The van der Waals surface area contributed by atoms with Crippen LogP contribution in [0, 0.1) is 6.04 Å². The van der Waals surface area contributed by atoms with E-state index in [1.165, 1.54) is 0 Å². The summed E-state index contributed by atoms with van der Waals surface area (Å²) in [6.07, 6.45) is -0.0494. The van der Waals surface area contributed by atoms with Crippen molar-refractivity contribution in [1.29, 1.82) is 0 Å². The Bertz CT molecular complexity index is 74.6. The van der Waals surface area contributed by atoms with Crippen molar-refractivity contribution in [3.8, 4) is 0 Å². The summed E-state index contributed by atoms with van der Waals surface area (Å²) in [5, 5.41) is 0. The zero-order valence-corrected chi connectivity index (χ0v) is 12.8. The fourth-order valence-corrected chi connectivity index (χ4v) is 0.954. The van der Waals surface area contributed by atoms with Crippen molar-refractivity contribution in [2.75, 3.05) is 13.2 Å². The lowest BCUT2D eigenvalue weighted by Crippen LogP contribution is -2.17. The third-order valence-corrected chi connectivity index (χ3v) is 1.48. The molecule has 0 bridgehead atoms. The molecular weight excluding hydrogens is 227 g/mol. The van der Waals surface area contributed by atoms with Crippen LogP contribution in [0.25, 0.3) is 0 Å². The Labute approximate surface area is 95.0 Å². The molecule has 1 radical (unpaired) electrons. The zero-order chi connectivity index (χ0) is 9.82. The Balaban J connectivity index is 0. The molecule has 71 valence electrons. The highest BCUT2D eigenvalue weighted by atomic mass is 35.6. The number of ether oxygens (including phenoxy) is 2. The van der Waals surface area contributed by atoms with E-state index in [4.69, 9.17) is 27.6 Å². The molecule has 0 aromatic carbocycles. The van der Waals surface area contributed by atoms with Crippen molar-refractivity contribution in [1.82, 2.24) is 0 Å². The minimum Gasteiger partial charge on any atom is -0.353 e. The van der Waals surface area contributed by atoms with Crippen LogP contribution in [0.2, 0.25) is 0 Å². The second-order valence-electron chi connectivity index (χ2n) is 1.71. The predicted octanol–water partition coefficient (Wildman–Crippen LogP) is 0.911. The summed E-state index contributed by atoms with van der Waals surface area (Å²) in [5.41, 5.74) is 0. The Kier molecular flexibility index (Phi) is 19.9. The van der Waals surface area contributed by atoms with E-state index in [1.54, 1.807) is 0 Å². The van der Waals surface area contributed by atoms with E-state index in [0.29, 0.717) is 0 Å². The molecule has 0 aliphatic heterocycles. The maximum absolute atomic E-state index is 5.19. The third kappa shape index (κ3) is 14.0. The van der Waals surface area contributed by atoms with Gasteiger partial charge in [-0.25, -0.2) is 0 Å². The summed E-state index contributed by atoms with van der Waals surface area (Å²) in [6.45, 7) is 5.39. The molecule has 0 saturated carbocycles. The average molecular weight is 242 g/mol. The van der Waals surface area contributed by atoms with Gasteiger partial charge in [-0.1, -0.05) is 0 Å². The number of rotatable bonds is 5. The molecule has 0 atom stereocenters. The highest BCUT2D eigenvalue weighted by Crippen LogP contribution is 1.95. The van der Waals surface area contributed by atoms with Crippen LogP contribution < -0.4 is 0 Å². The van der Waals surface area contributed by atoms with Crippen molar-refractivity contribution in [2.24, 2.45) is 0 Å². The molecule has 0 aliphatic rings. The van der Waals surface area contributed by atoms with Crippen LogP contribution in [0.15, 0.2) is 0 Å². The van der Waals surface area contributed by atoms with Crippen LogP contribution in [0.3, 0.4) is 0 Å². The molecule has 0 N–H and O–H groups in total. The van der Waals surface area contributed by atoms with Crippen LogP contribution in [0.1, 0.15) is 13.8 Å². The topological polar surface area (TPSA) is 18.5 Å². The van der Waals surface area contributed by atoms with E-state index in [-0.39, 0.29) is 6.29 Å². The number of hydrogen-bond acceptors (Lipinski definition) is 2. The first-order valence-corrected chi connectivity index (χ1v) is 9.34. The van der Waals surface area contributed by atoms with Crippen molar-refractivity contribution < 1.29 is 9.47 Å². The Hall–Kier alpha value is 1.48. The molecule has 0 saturated heterocycles. The van der Waals surface area contributed by atoms with Gasteiger partial charge in [0.1, 0.15) is 0 Å². The second kappa shape index (κ2) is 15.0. The third-order valence-electron chi connectivity index (χ3n) is 0.934. The van der Waals surface area contributed by atoms with E-state index < -0.39 is 18.2 Å². The lowest BCUT2D eigenvalue weighted by atomic mass is 10.7. The molecule has 0 aromatic rings. The minimum atomic E-state index is -0.639. The summed E-state index contributed by atoms with van der Waals surface area (Å²) in [7, 11) is 10.8. The van der Waals surface area contributed by atoms with Gasteiger partial charge in [-0.05, 0) is 19.9 Å². The molecule has 0 unspecified atom stereocenters. The van der Waals surface area contributed by atoms with E-state index in [9.17, 15) is 0 Å². The Morgan fingerprint density at radius 2 is 1.67 bits per heavy atom. The van der Waals surface area contributed by atoms with Gasteiger partial charge < -0.3 is 27.6 Å². The lowest BCUT2D eigenvalue weighted by molar-refractivity contribution is -0.109. The highest BCUT2D eigenvalue weighted by molar-refractivity contribution is 7.22. The summed E-state index contributed by atoms with van der Waals surface area (Å²) in [5.74, 6) is 0. The van der Waals surface area contributed by atoms with Crippen molar-refractivity contribution in [3.63, 3.8) is 0 Å². The molecule has 0 aliphatic carbocycles. The lowest BCUT2D eigenvalue weighted by Gasteiger charge is -2.13. The van der Waals surface area contributed by atoms with Gasteiger partial charge >= 0.3 is 18.2 Å². The van der Waals surface area contributed by atoms with Gasteiger partial charge in [0.15, 0.2) is 6.29 Å². The SMILES string of the molecule is CCOC([CH][SiH3])OCC.[Cl][Mg][Cl]. The molecule has 0 aromatic heterocycles. The number of halogens is 2. The zero-order valence-electron chi connectivity index (χ0n) is 7.85. The largest absolute Gasteiger partial charge is 0.618 e. The molecule has 0 rings (SSSR count). The normalized spacial score (nSPS) is 9.08. The van der Waals surface area contributed by atoms with Crippen molar-refractivity contribution >= 4 is 46.5 Å². The average Bonchev–Trinajstić information content (AvgIpc) is 2.05. The van der Waals surface area contributed by atoms with Gasteiger partial charge in [-0.3, -0.25) is 0 Å².